The highest BCUT2D eigenvalue weighted by atomic mass is 32.2. The summed E-state index contributed by atoms with van der Waals surface area (Å²) in [6.45, 7) is 0.189. The molecule has 0 bridgehead atoms. The highest BCUT2D eigenvalue weighted by Gasteiger charge is 2.10. The van der Waals surface area contributed by atoms with Gasteiger partial charge >= 0.3 is 0 Å². The van der Waals surface area contributed by atoms with Crippen molar-refractivity contribution in [2.45, 2.75) is 11.5 Å². The van der Waals surface area contributed by atoms with Crippen LogP contribution in [0.2, 0.25) is 0 Å². The first kappa shape index (κ1) is 18.8. The lowest BCUT2D eigenvalue weighted by atomic mass is 10.2. The Labute approximate surface area is 154 Å². The summed E-state index contributed by atoms with van der Waals surface area (Å²) in [5, 5.41) is 10.4. The SMILES string of the molecule is O=[N+]([O-])c1ccccc1CO[Si].c1ccc(S[n+]2ccccc2)cc1. The van der Waals surface area contributed by atoms with Crippen LogP contribution in [0.25, 0.3) is 0 Å². The van der Waals surface area contributed by atoms with E-state index < -0.39 is 4.92 Å². The van der Waals surface area contributed by atoms with E-state index in [1.54, 1.807) is 30.1 Å². The minimum Gasteiger partial charge on any atom is -0.414 e. The molecule has 125 valence electrons. The number of nitrogens with zero attached hydrogens (tertiary/aromatic N) is 2. The van der Waals surface area contributed by atoms with Crippen LogP contribution in [0.4, 0.5) is 5.69 Å². The first-order valence-electron chi connectivity index (χ1n) is 7.41. The van der Waals surface area contributed by atoms with Gasteiger partial charge in [-0.1, -0.05) is 36.4 Å². The summed E-state index contributed by atoms with van der Waals surface area (Å²) in [6.07, 6.45) is 4.08. The van der Waals surface area contributed by atoms with Gasteiger partial charge in [-0.15, -0.1) is 3.97 Å². The number of rotatable bonds is 5. The van der Waals surface area contributed by atoms with Crippen LogP contribution in [-0.2, 0) is 11.0 Å². The third-order valence-corrected chi connectivity index (χ3v) is 4.14. The molecule has 7 heteroatoms. The molecule has 0 saturated carbocycles. The second-order valence-corrected chi connectivity index (χ2v) is 6.18. The Hall–Kier alpha value is -2.48. The van der Waals surface area contributed by atoms with Crippen molar-refractivity contribution in [3.8, 4) is 0 Å². The zero-order valence-corrected chi connectivity index (χ0v) is 15.1. The second kappa shape index (κ2) is 10.4. The molecule has 5 nitrogen and oxygen atoms in total. The fraction of sp³-hybridized carbons (Fsp3) is 0.0556. The molecule has 0 aliphatic rings. The normalized spacial score (nSPS) is 9.80. The summed E-state index contributed by atoms with van der Waals surface area (Å²) in [5.41, 5.74) is 0.633. The van der Waals surface area contributed by atoms with Crippen molar-refractivity contribution in [1.82, 2.24) is 0 Å². The van der Waals surface area contributed by atoms with Gasteiger partial charge in [0.25, 0.3) is 5.69 Å². The van der Waals surface area contributed by atoms with E-state index in [2.05, 4.69) is 31.0 Å². The highest BCUT2D eigenvalue weighted by molar-refractivity contribution is 7.92. The van der Waals surface area contributed by atoms with Crippen molar-refractivity contribution in [3.63, 3.8) is 0 Å². The fourth-order valence-electron chi connectivity index (χ4n) is 1.94. The topological polar surface area (TPSA) is 56.3 Å². The van der Waals surface area contributed by atoms with Crippen LogP contribution in [0.1, 0.15) is 5.56 Å². The molecule has 3 aromatic rings. The molecule has 1 aromatic heterocycles. The van der Waals surface area contributed by atoms with Gasteiger partial charge in [0.05, 0.1) is 22.0 Å². The zero-order chi connectivity index (χ0) is 17.9. The lowest BCUT2D eigenvalue weighted by molar-refractivity contribution is -0.494. The van der Waals surface area contributed by atoms with E-state index in [-0.39, 0.29) is 12.3 Å². The first-order chi connectivity index (χ1) is 12.2. The van der Waals surface area contributed by atoms with Crippen molar-refractivity contribution in [3.05, 3.63) is 101 Å². The van der Waals surface area contributed by atoms with Crippen LogP contribution < -0.4 is 3.97 Å². The van der Waals surface area contributed by atoms with Gasteiger partial charge in [-0.25, -0.2) is 0 Å². The quantitative estimate of drug-likeness (QED) is 0.298. The van der Waals surface area contributed by atoms with Gasteiger partial charge in [-0.2, -0.15) is 0 Å². The summed E-state index contributed by atoms with van der Waals surface area (Å²) < 4.78 is 6.70. The molecule has 0 atom stereocenters. The van der Waals surface area contributed by atoms with Crippen LogP contribution in [0.5, 0.6) is 0 Å². The number of nitro groups is 1. The van der Waals surface area contributed by atoms with E-state index in [4.69, 9.17) is 0 Å². The maximum absolute atomic E-state index is 10.4. The van der Waals surface area contributed by atoms with Gasteiger partial charge in [0, 0.05) is 18.2 Å². The Morgan fingerprint density at radius 1 is 0.960 bits per heavy atom. The van der Waals surface area contributed by atoms with Crippen LogP contribution in [0.3, 0.4) is 0 Å². The molecule has 2 aromatic carbocycles. The van der Waals surface area contributed by atoms with Gasteiger partial charge in [0.2, 0.25) is 22.4 Å². The summed E-state index contributed by atoms with van der Waals surface area (Å²) in [4.78, 5) is 11.2. The van der Waals surface area contributed by atoms with Gasteiger partial charge in [0.15, 0.2) is 12.4 Å². The molecule has 0 aliphatic heterocycles. The van der Waals surface area contributed by atoms with Crippen molar-refractivity contribution in [2.75, 3.05) is 0 Å². The molecule has 25 heavy (non-hydrogen) atoms. The van der Waals surface area contributed by atoms with E-state index >= 15 is 0 Å². The molecule has 0 spiro atoms. The molecule has 0 aliphatic carbocycles. The molecular formula is C18H16N2O3SSi+. The van der Waals surface area contributed by atoms with E-state index in [0.717, 1.165) is 0 Å². The summed E-state index contributed by atoms with van der Waals surface area (Å²) in [7, 11) is 2.79. The monoisotopic (exact) mass is 368 g/mol. The Kier molecular flexibility index (Phi) is 7.84. The standard InChI is InChI=1S/C11H10NS.C7H6NO3Si/c1-3-7-11(8-4-1)13-12-9-5-2-6-10-12;9-8(10)7-4-2-1-3-6(7)5-11-12/h1-10H;1-4H,5H2/q+1;. The van der Waals surface area contributed by atoms with Crippen LogP contribution in [-0.4, -0.2) is 15.4 Å². The summed E-state index contributed by atoms with van der Waals surface area (Å²) >= 11 is 1.70. The van der Waals surface area contributed by atoms with Crippen LogP contribution >= 0.6 is 11.9 Å². The number of pyridine rings is 1. The van der Waals surface area contributed by atoms with Crippen LogP contribution in [0.15, 0.2) is 90.1 Å². The minimum atomic E-state index is -0.430. The largest absolute Gasteiger partial charge is 0.414 e. The van der Waals surface area contributed by atoms with Crippen molar-refractivity contribution < 1.29 is 13.3 Å². The fourth-order valence-corrected chi connectivity index (χ4v) is 2.88. The van der Waals surface area contributed by atoms with Crippen LogP contribution in [0, 0.1) is 10.1 Å². The zero-order valence-electron chi connectivity index (χ0n) is 13.3. The van der Waals surface area contributed by atoms with Crippen molar-refractivity contribution >= 4 is 28.1 Å². The van der Waals surface area contributed by atoms with E-state index in [9.17, 15) is 10.1 Å². The maximum atomic E-state index is 10.4. The Morgan fingerprint density at radius 2 is 1.56 bits per heavy atom. The molecule has 3 rings (SSSR count). The molecule has 0 amide bonds. The molecule has 0 fully saturated rings. The third-order valence-electron chi connectivity index (χ3n) is 3.06. The average molecular weight is 368 g/mol. The van der Waals surface area contributed by atoms with Gasteiger partial charge in [-0.05, 0) is 18.2 Å². The highest BCUT2D eigenvalue weighted by Crippen LogP contribution is 2.17. The van der Waals surface area contributed by atoms with E-state index in [1.165, 1.54) is 11.0 Å². The first-order valence-corrected chi connectivity index (χ1v) is 8.59. The van der Waals surface area contributed by atoms with E-state index in [0.29, 0.717) is 5.56 Å². The predicted octanol–water partition coefficient (Wildman–Crippen LogP) is 3.72. The molecule has 0 saturated heterocycles. The summed E-state index contributed by atoms with van der Waals surface area (Å²) in [6, 6.07) is 22.8. The maximum Gasteiger partial charge on any atom is 0.274 e. The number of hydrogen-bond donors (Lipinski definition) is 0. The second-order valence-electron chi connectivity index (χ2n) is 4.81. The number of nitro benzene ring substituents is 1. The Morgan fingerprint density at radius 3 is 2.20 bits per heavy atom. The smallest absolute Gasteiger partial charge is 0.274 e. The van der Waals surface area contributed by atoms with E-state index in [1.807, 2.05) is 48.8 Å². The van der Waals surface area contributed by atoms with Crippen molar-refractivity contribution in [2.24, 2.45) is 0 Å². The molecular weight excluding hydrogens is 352 g/mol. The Balaban J connectivity index is 0.000000181. The van der Waals surface area contributed by atoms with Gasteiger partial charge < -0.3 is 4.43 Å². The molecule has 3 radical (unpaired) electrons. The number of para-hydroxylation sites is 1. The minimum absolute atomic E-state index is 0.0794. The molecule has 0 N–H and O–H groups in total. The number of hydrogen-bond acceptors (Lipinski definition) is 4. The lowest BCUT2D eigenvalue weighted by Gasteiger charge is -1.99. The Bertz CT molecular complexity index is 751. The number of benzene rings is 2. The van der Waals surface area contributed by atoms with Gasteiger partial charge in [-0.3, -0.25) is 10.1 Å². The average Bonchev–Trinajstić information content (AvgIpc) is 2.65. The summed E-state index contributed by atoms with van der Waals surface area (Å²) in [5.74, 6) is 0. The lowest BCUT2D eigenvalue weighted by Crippen LogP contribution is -2.22. The molecule has 1 heterocycles. The predicted molar refractivity (Wildman–Crippen MR) is 98.0 cm³/mol. The third kappa shape index (κ3) is 6.50. The molecule has 0 unspecified atom stereocenters. The number of aromatic nitrogens is 1. The van der Waals surface area contributed by atoms with Crippen molar-refractivity contribution in [1.29, 1.82) is 0 Å². The van der Waals surface area contributed by atoms with Gasteiger partial charge in [0.1, 0.15) is 0 Å².